The molecule has 1 spiro atoms. The molecule has 6 nitrogen and oxygen atoms in total. The van der Waals surface area contributed by atoms with Crippen molar-refractivity contribution < 1.29 is 22.1 Å². The Morgan fingerprint density at radius 2 is 1.77 bits per heavy atom. The second-order valence-corrected chi connectivity index (χ2v) is 15.2. The first-order chi connectivity index (χ1) is 18.5. The highest BCUT2D eigenvalue weighted by atomic mass is 32.2. The fourth-order valence-corrected chi connectivity index (χ4v) is 10.5. The third-order valence-electron chi connectivity index (χ3n) is 11.8. The maximum absolute atomic E-state index is 12.9. The number of allylic oxidation sites excluding steroid dienone is 2. The zero-order valence-corrected chi connectivity index (χ0v) is 24.7. The van der Waals surface area contributed by atoms with Crippen molar-refractivity contribution in [1.29, 1.82) is 5.26 Å². The topological polar surface area (TPSA) is 85.6 Å². The molecule has 0 radical (unpaired) electrons. The van der Waals surface area contributed by atoms with Gasteiger partial charge < -0.3 is 9.47 Å². The van der Waals surface area contributed by atoms with Crippen molar-refractivity contribution in [1.82, 2.24) is 0 Å². The third kappa shape index (κ3) is 4.16. The lowest BCUT2D eigenvalue weighted by Crippen LogP contribution is -2.55. The lowest BCUT2D eigenvalue weighted by molar-refractivity contribution is -0.217. The molecule has 3 unspecified atom stereocenters. The van der Waals surface area contributed by atoms with Gasteiger partial charge in [0, 0.05) is 18.3 Å². The number of benzene rings is 1. The molecule has 4 aliphatic carbocycles. The second-order valence-electron chi connectivity index (χ2n) is 13.6. The quantitative estimate of drug-likeness (QED) is 0.298. The summed E-state index contributed by atoms with van der Waals surface area (Å²) in [4.78, 5) is 0.224. The standard InChI is InChI=1S/C32H43NO5S/c1-22-5-7-24(8-6-22)39(34,35)38-19-23(2)26-9-10-27-25-11-14-31(21-33)20-32(36-17-18-37-32)16-15-30(31,4)28(25)12-13-29(26,27)3/h5-8,23,26-27H,9-20H2,1-4H3/t23-,26?,27?,29-,30-,31?/m1/s1. The minimum atomic E-state index is -3.77. The molecule has 3 fully saturated rings. The summed E-state index contributed by atoms with van der Waals surface area (Å²) in [6, 6.07) is 9.68. The van der Waals surface area contributed by atoms with E-state index in [2.05, 4.69) is 26.8 Å². The molecule has 0 amide bonds. The highest BCUT2D eigenvalue weighted by molar-refractivity contribution is 7.86. The van der Waals surface area contributed by atoms with Gasteiger partial charge >= 0.3 is 0 Å². The summed E-state index contributed by atoms with van der Waals surface area (Å²) in [6.45, 7) is 10.4. The molecule has 212 valence electrons. The van der Waals surface area contributed by atoms with E-state index in [0.29, 0.717) is 31.5 Å². The fraction of sp³-hybridized carbons (Fsp3) is 0.719. The highest BCUT2D eigenvalue weighted by Crippen LogP contribution is 2.70. The van der Waals surface area contributed by atoms with Gasteiger partial charge in [0.05, 0.1) is 36.2 Å². The van der Waals surface area contributed by atoms with Gasteiger partial charge in [0.25, 0.3) is 10.1 Å². The molecule has 2 saturated carbocycles. The molecule has 1 saturated heterocycles. The van der Waals surface area contributed by atoms with Gasteiger partial charge in [0.1, 0.15) is 0 Å². The second kappa shape index (κ2) is 9.41. The van der Waals surface area contributed by atoms with Crippen molar-refractivity contribution in [3.8, 4) is 6.07 Å². The smallest absolute Gasteiger partial charge is 0.296 e. The lowest BCUT2D eigenvalue weighted by Gasteiger charge is -2.59. The van der Waals surface area contributed by atoms with E-state index in [1.165, 1.54) is 0 Å². The van der Waals surface area contributed by atoms with Crippen LogP contribution < -0.4 is 0 Å². The van der Waals surface area contributed by atoms with Crippen LogP contribution in [0.5, 0.6) is 0 Å². The molecule has 6 atom stereocenters. The molecular weight excluding hydrogens is 510 g/mol. The molecule has 5 aliphatic rings. The minimum Gasteiger partial charge on any atom is -0.347 e. The Morgan fingerprint density at radius 1 is 1.05 bits per heavy atom. The molecule has 6 rings (SSSR count). The number of nitrogens with zero attached hydrogens (tertiary/aromatic N) is 1. The summed E-state index contributed by atoms with van der Waals surface area (Å²) >= 11 is 0. The number of fused-ring (bicyclic) bond motifs is 4. The van der Waals surface area contributed by atoms with Crippen LogP contribution in [0.3, 0.4) is 0 Å². The van der Waals surface area contributed by atoms with Crippen LogP contribution in [0.4, 0.5) is 0 Å². The predicted octanol–water partition coefficient (Wildman–Crippen LogP) is 6.70. The number of hydrogen-bond acceptors (Lipinski definition) is 6. The summed E-state index contributed by atoms with van der Waals surface area (Å²) in [6.07, 6.45) is 8.68. The normalized spacial score (nSPS) is 38.1. The van der Waals surface area contributed by atoms with E-state index in [1.807, 2.05) is 6.92 Å². The van der Waals surface area contributed by atoms with Crippen molar-refractivity contribution in [3.63, 3.8) is 0 Å². The number of ether oxygens (including phenoxy) is 2. The van der Waals surface area contributed by atoms with E-state index in [0.717, 1.165) is 56.9 Å². The summed E-state index contributed by atoms with van der Waals surface area (Å²) in [5.74, 6) is 0.496. The van der Waals surface area contributed by atoms with Gasteiger partial charge in [-0.2, -0.15) is 13.7 Å². The van der Waals surface area contributed by atoms with E-state index < -0.39 is 21.3 Å². The van der Waals surface area contributed by atoms with Crippen molar-refractivity contribution in [2.75, 3.05) is 19.8 Å². The van der Waals surface area contributed by atoms with Crippen molar-refractivity contribution in [3.05, 3.63) is 41.0 Å². The Kier molecular flexibility index (Phi) is 6.62. The average Bonchev–Trinajstić information content (AvgIpc) is 3.52. The first-order valence-electron chi connectivity index (χ1n) is 14.9. The number of nitriles is 1. The summed E-state index contributed by atoms with van der Waals surface area (Å²) in [5, 5.41) is 10.6. The molecule has 1 aromatic rings. The molecule has 0 N–H and O–H groups in total. The average molecular weight is 554 g/mol. The van der Waals surface area contributed by atoms with Gasteiger partial charge in [0.2, 0.25) is 0 Å². The van der Waals surface area contributed by atoms with Gasteiger partial charge in [-0.15, -0.1) is 0 Å². The maximum atomic E-state index is 12.9. The summed E-state index contributed by atoms with van der Waals surface area (Å²) in [7, 11) is -3.77. The van der Waals surface area contributed by atoms with Gasteiger partial charge in [-0.25, -0.2) is 0 Å². The van der Waals surface area contributed by atoms with Crippen LogP contribution in [0.1, 0.15) is 84.1 Å². The first-order valence-corrected chi connectivity index (χ1v) is 16.3. The largest absolute Gasteiger partial charge is 0.347 e. The van der Waals surface area contributed by atoms with Crippen molar-refractivity contribution in [2.45, 2.75) is 96.2 Å². The predicted molar refractivity (Wildman–Crippen MR) is 148 cm³/mol. The molecular formula is C32H43NO5S. The monoisotopic (exact) mass is 553 g/mol. The zero-order chi connectivity index (χ0) is 27.7. The van der Waals surface area contributed by atoms with Crippen LogP contribution in [-0.2, 0) is 23.8 Å². The third-order valence-corrected chi connectivity index (χ3v) is 13.1. The Bertz CT molecular complexity index is 1310. The van der Waals surface area contributed by atoms with E-state index >= 15 is 0 Å². The van der Waals surface area contributed by atoms with Crippen LogP contribution >= 0.6 is 0 Å². The van der Waals surface area contributed by atoms with E-state index in [-0.39, 0.29) is 28.3 Å². The molecule has 7 heteroatoms. The molecule has 1 aromatic carbocycles. The van der Waals surface area contributed by atoms with Crippen LogP contribution in [0.25, 0.3) is 0 Å². The molecule has 39 heavy (non-hydrogen) atoms. The van der Waals surface area contributed by atoms with Crippen LogP contribution in [-0.4, -0.2) is 34.0 Å². The molecule has 0 bridgehead atoms. The Labute approximate surface area is 234 Å². The van der Waals surface area contributed by atoms with Gasteiger partial charge in [-0.3, -0.25) is 4.18 Å². The highest BCUT2D eigenvalue weighted by Gasteiger charge is 2.64. The van der Waals surface area contributed by atoms with Crippen LogP contribution in [0.15, 0.2) is 40.3 Å². The van der Waals surface area contributed by atoms with E-state index in [9.17, 15) is 13.7 Å². The Balaban J connectivity index is 1.21. The molecule has 1 heterocycles. The van der Waals surface area contributed by atoms with Crippen molar-refractivity contribution >= 4 is 10.1 Å². The van der Waals surface area contributed by atoms with Gasteiger partial charge in [0.15, 0.2) is 5.79 Å². The molecule has 1 aliphatic heterocycles. The van der Waals surface area contributed by atoms with Crippen LogP contribution in [0, 0.1) is 52.3 Å². The van der Waals surface area contributed by atoms with Gasteiger partial charge in [-0.05, 0) is 87.2 Å². The Morgan fingerprint density at radius 3 is 2.46 bits per heavy atom. The van der Waals surface area contributed by atoms with E-state index in [4.69, 9.17) is 13.7 Å². The van der Waals surface area contributed by atoms with Crippen LogP contribution in [0.2, 0.25) is 0 Å². The number of rotatable bonds is 5. The molecule has 0 aromatic heterocycles. The summed E-state index contributed by atoms with van der Waals surface area (Å²) < 4.78 is 43.5. The van der Waals surface area contributed by atoms with E-state index in [1.54, 1.807) is 35.4 Å². The van der Waals surface area contributed by atoms with Crippen molar-refractivity contribution in [2.24, 2.45) is 34.0 Å². The Hall–Kier alpha value is -1.72. The fourth-order valence-electron chi connectivity index (χ4n) is 9.47. The maximum Gasteiger partial charge on any atom is 0.296 e. The number of hydrogen-bond donors (Lipinski definition) is 0. The minimum absolute atomic E-state index is 0.131. The van der Waals surface area contributed by atoms with Gasteiger partial charge in [-0.1, -0.05) is 49.6 Å². The zero-order valence-electron chi connectivity index (χ0n) is 23.9. The SMILES string of the molecule is Cc1ccc(S(=O)(=O)OC[C@@H](C)C2CCC3C4=C(CC[C@@]32C)[C@@]2(C)CCC3(CC2(C#N)CC4)OCCO3)cc1. The lowest BCUT2D eigenvalue weighted by atomic mass is 9.45. The first kappa shape index (κ1) is 27.4. The summed E-state index contributed by atoms with van der Waals surface area (Å²) in [5.41, 5.74) is 3.75. The number of aryl methyl sites for hydroxylation is 1.